The zero-order valence-corrected chi connectivity index (χ0v) is 13.5. The Morgan fingerprint density at radius 3 is 2.00 bits per heavy atom. The maximum Gasteiger partial charge on any atom is 0.127 e. The van der Waals surface area contributed by atoms with Crippen LogP contribution in [0.15, 0.2) is 36.4 Å². The van der Waals surface area contributed by atoms with E-state index in [2.05, 4.69) is 35.0 Å². The largest absolute Gasteiger partial charge is 0.493 e. The van der Waals surface area contributed by atoms with Gasteiger partial charge in [0.05, 0.1) is 13.2 Å². The number of hydrogen-bond acceptors (Lipinski definition) is 2. The van der Waals surface area contributed by atoms with Gasteiger partial charge in [-0.2, -0.15) is 0 Å². The lowest BCUT2D eigenvalue weighted by atomic mass is 10.1. The van der Waals surface area contributed by atoms with Gasteiger partial charge in [0.1, 0.15) is 11.5 Å². The third-order valence-corrected chi connectivity index (χ3v) is 3.51. The topological polar surface area (TPSA) is 18.5 Å². The first-order valence-electron chi connectivity index (χ1n) is 7.20. The number of fused-ring (bicyclic) bond motifs is 1. The summed E-state index contributed by atoms with van der Waals surface area (Å²) in [4.78, 5) is 0. The number of unbranched alkanes of at least 4 members (excludes halogenated alkanes) is 2. The Bertz CT molecular complexity index is 540. The minimum atomic E-state index is 0.667. The molecular formula is C17H21BrO2. The zero-order chi connectivity index (χ0) is 14.2. The molecule has 108 valence electrons. The molecule has 0 fully saturated rings. The van der Waals surface area contributed by atoms with Gasteiger partial charge in [-0.1, -0.05) is 60.0 Å². The molecule has 20 heavy (non-hydrogen) atoms. The molecule has 2 rings (SSSR count). The van der Waals surface area contributed by atoms with Gasteiger partial charge in [-0.15, -0.1) is 0 Å². The quantitative estimate of drug-likeness (QED) is 0.488. The van der Waals surface area contributed by atoms with Crippen LogP contribution in [0.4, 0.5) is 0 Å². The van der Waals surface area contributed by atoms with Gasteiger partial charge in [-0.05, 0) is 18.6 Å². The molecule has 0 saturated carbocycles. The van der Waals surface area contributed by atoms with Crippen LogP contribution in [0.3, 0.4) is 0 Å². The summed E-state index contributed by atoms with van der Waals surface area (Å²) in [5, 5.41) is 3.06. The van der Waals surface area contributed by atoms with Crippen molar-refractivity contribution in [2.45, 2.75) is 26.2 Å². The lowest BCUT2D eigenvalue weighted by Crippen LogP contribution is -2.00. The second kappa shape index (κ2) is 8.15. The van der Waals surface area contributed by atoms with E-state index in [0.29, 0.717) is 6.61 Å². The minimum absolute atomic E-state index is 0.667. The maximum atomic E-state index is 5.92. The smallest absolute Gasteiger partial charge is 0.127 e. The van der Waals surface area contributed by atoms with E-state index in [1.807, 2.05) is 24.3 Å². The molecule has 0 aliphatic rings. The van der Waals surface area contributed by atoms with Gasteiger partial charge in [0.25, 0.3) is 0 Å². The van der Waals surface area contributed by atoms with Crippen LogP contribution in [0.1, 0.15) is 26.2 Å². The van der Waals surface area contributed by atoms with Gasteiger partial charge in [0, 0.05) is 16.1 Å². The molecule has 0 saturated heterocycles. The third kappa shape index (κ3) is 3.89. The van der Waals surface area contributed by atoms with Crippen LogP contribution < -0.4 is 9.47 Å². The van der Waals surface area contributed by atoms with Crippen LogP contribution in [-0.2, 0) is 0 Å². The fourth-order valence-electron chi connectivity index (χ4n) is 2.18. The Labute approximate surface area is 129 Å². The average Bonchev–Trinajstić information content (AvgIpc) is 2.50. The second-order valence-electron chi connectivity index (χ2n) is 4.70. The van der Waals surface area contributed by atoms with Crippen molar-refractivity contribution in [1.82, 2.24) is 0 Å². The highest BCUT2D eigenvalue weighted by molar-refractivity contribution is 9.09. The van der Waals surface area contributed by atoms with Crippen molar-refractivity contribution in [3.8, 4) is 11.5 Å². The molecule has 0 heterocycles. The Hall–Kier alpha value is -1.22. The lowest BCUT2D eigenvalue weighted by molar-refractivity contribution is 0.308. The molecule has 3 heteroatoms. The van der Waals surface area contributed by atoms with Gasteiger partial charge in [-0.25, -0.2) is 0 Å². The lowest BCUT2D eigenvalue weighted by Gasteiger charge is -2.13. The van der Waals surface area contributed by atoms with E-state index in [4.69, 9.17) is 9.47 Å². The van der Waals surface area contributed by atoms with Crippen molar-refractivity contribution in [2.75, 3.05) is 18.5 Å². The maximum absolute atomic E-state index is 5.92. The number of rotatable bonds is 8. The fourth-order valence-corrected chi connectivity index (χ4v) is 2.34. The molecule has 2 aromatic rings. The van der Waals surface area contributed by atoms with Gasteiger partial charge in [0.2, 0.25) is 0 Å². The summed E-state index contributed by atoms with van der Waals surface area (Å²) >= 11 is 3.38. The number of ether oxygens (including phenoxy) is 2. The van der Waals surface area contributed by atoms with Crippen LogP contribution in [0.2, 0.25) is 0 Å². The van der Waals surface area contributed by atoms with Crippen molar-refractivity contribution in [3.63, 3.8) is 0 Å². The molecule has 0 radical (unpaired) electrons. The standard InChI is InChI=1S/C17H21BrO2/c1-2-3-6-12-19-16-9-10-17(20-13-11-18)15-8-5-4-7-14(15)16/h4-5,7-10H,2-3,6,11-13H2,1H3. The second-order valence-corrected chi connectivity index (χ2v) is 5.49. The molecule has 0 spiro atoms. The van der Waals surface area contributed by atoms with Crippen molar-refractivity contribution < 1.29 is 9.47 Å². The molecule has 0 unspecified atom stereocenters. The van der Waals surface area contributed by atoms with Crippen molar-refractivity contribution in [3.05, 3.63) is 36.4 Å². The Balaban J connectivity index is 2.19. The fraction of sp³-hybridized carbons (Fsp3) is 0.412. The predicted octanol–water partition coefficient (Wildman–Crippen LogP) is 5.18. The van der Waals surface area contributed by atoms with Crippen LogP contribution in [0.5, 0.6) is 11.5 Å². The van der Waals surface area contributed by atoms with E-state index < -0.39 is 0 Å². The summed E-state index contributed by atoms with van der Waals surface area (Å²) in [6.07, 6.45) is 3.53. The van der Waals surface area contributed by atoms with E-state index in [1.165, 1.54) is 12.8 Å². The first-order valence-corrected chi connectivity index (χ1v) is 8.32. The third-order valence-electron chi connectivity index (χ3n) is 3.18. The van der Waals surface area contributed by atoms with E-state index in [0.717, 1.165) is 40.6 Å². The number of hydrogen-bond donors (Lipinski definition) is 0. The minimum Gasteiger partial charge on any atom is -0.493 e. The highest BCUT2D eigenvalue weighted by atomic mass is 79.9. The van der Waals surface area contributed by atoms with Crippen molar-refractivity contribution in [2.24, 2.45) is 0 Å². The predicted molar refractivity (Wildman–Crippen MR) is 88.3 cm³/mol. The normalized spacial score (nSPS) is 10.7. The number of halogens is 1. The summed E-state index contributed by atoms with van der Waals surface area (Å²) in [5.74, 6) is 1.86. The highest BCUT2D eigenvalue weighted by Crippen LogP contribution is 2.33. The van der Waals surface area contributed by atoms with Gasteiger partial charge in [0.15, 0.2) is 0 Å². The van der Waals surface area contributed by atoms with Crippen LogP contribution in [0.25, 0.3) is 10.8 Å². The summed E-state index contributed by atoms with van der Waals surface area (Å²) < 4.78 is 11.7. The Kier molecular flexibility index (Phi) is 6.19. The Morgan fingerprint density at radius 2 is 1.45 bits per heavy atom. The summed E-state index contributed by atoms with van der Waals surface area (Å²) in [7, 11) is 0. The van der Waals surface area contributed by atoms with E-state index in [1.54, 1.807) is 0 Å². The van der Waals surface area contributed by atoms with Gasteiger partial charge in [-0.3, -0.25) is 0 Å². The molecule has 0 atom stereocenters. The first kappa shape index (κ1) is 15.2. The van der Waals surface area contributed by atoms with Gasteiger partial charge >= 0.3 is 0 Å². The molecule has 0 amide bonds. The molecular weight excluding hydrogens is 316 g/mol. The Morgan fingerprint density at radius 1 is 0.850 bits per heavy atom. The number of benzene rings is 2. The monoisotopic (exact) mass is 336 g/mol. The van der Waals surface area contributed by atoms with Gasteiger partial charge < -0.3 is 9.47 Å². The molecule has 0 bridgehead atoms. The molecule has 0 N–H and O–H groups in total. The van der Waals surface area contributed by atoms with E-state index in [9.17, 15) is 0 Å². The summed E-state index contributed by atoms with van der Waals surface area (Å²) in [6, 6.07) is 12.3. The van der Waals surface area contributed by atoms with Crippen LogP contribution in [-0.4, -0.2) is 18.5 Å². The SMILES string of the molecule is CCCCCOc1ccc(OCCBr)c2ccccc12. The average molecular weight is 337 g/mol. The molecule has 2 nitrogen and oxygen atoms in total. The summed E-state index contributed by atoms with van der Waals surface area (Å²) in [6.45, 7) is 3.64. The van der Waals surface area contributed by atoms with Crippen molar-refractivity contribution >= 4 is 26.7 Å². The van der Waals surface area contributed by atoms with E-state index in [-0.39, 0.29) is 0 Å². The van der Waals surface area contributed by atoms with E-state index >= 15 is 0 Å². The summed E-state index contributed by atoms with van der Waals surface area (Å²) in [5.41, 5.74) is 0. The number of alkyl halides is 1. The molecule has 0 aromatic heterocycles. The van der Waals surface area contributed by atoms with Crippen LogP contribution in [0, 0.1) is 0 Å². The highest BCUT2D eigenvalue weighted by Gasteiger charge is 2.07. The molecule has 2 aromatic carbocycles. The molecule has 0 aliphatic heterocycles. The van der Waals surface area contributed by atoms with Crippen molar-refractivity contribution in [1.29, 1.82) is 0 Å². The first-order chi connectivity index (χ1) is 9.86. The van der Waals surface area contributed by atoms with Crippen LogP contribution >= 0.6 is 15.9 Å². The zero-order valence-electron chi connectivity index (χ0n) is 11.9. The molecule has 0 aliphatic carbocycles.